The molecule has 0 N–H and O–H groups in total. The van der Waals surface area contributed by atoms with Crippen LogP contribution in [0, 0.1) is 0 Å². The van der Waals surface area contributed by atoms with Crippen molar-refractivity contribution in [1.82, 2.24) is 4.57 Å². The fraction of sp³-hybridized carbons (Fsp3) is 0.318. The van der Waals surface area contributed by atoms with Crippen molar-refractivity contribution < 1.29 is 17.9 Å². The molecule has 29 heavy (non-hydrogen) atoms. The lowest BCUT2D eigenvalue weighted by atomic mass is 10.1. The number of rotatable bonds is 6. The number of carbonyl (C=O) groups is 1. The molecule has 6 nitrogen and oxygen atoms in total. The van der Waals surface area contributed by atoms with Crippen LogP contribution in [0.15, 0.2) is 42.5 Å². The van der Waals surface area contributed by atoms with E-state index in [0.717, 1.165) is 47.2 Å². The predicted octanol–water partition coefficient (Wildman–Crippen LogP) is 4.08. The van der Waals surface area contributed by atoms with E-state index in [9.17, 15) is 13.2 Å². The average Bonchev–Trinajstić information content (AvgIpc) is 3.24. The van der Waals surface area contributed by atoms with Crippen LogP contribution in [-0.4, -0.2) is 38.7 Å². The van der Waals surface area contributed by atoms with Crippen LogP contribution in [0.1, 0.15) is 30.1 Å². The Balaban J connectivity index is 1.86. The zero-order valence-electron chi connectivity index (χ0n) is 16.6. The number of fused-ring (bicyclic) bond motifs is 1. The Morgan fingerprint density at radius 3 is 2.48 bits per heavy atom. The zero-order valence-corrected chi connectivity index (χ0v) is 17.4. The normalized spacial score (nSPS) is 15.7. The number of aromatic nitrogens is 1. The second-order valence-electron chi connectivity index (χ2n) is 7.20. The molecule has 0 spiro atoms. The van der Waals surface area contributed by atoms with Gasteiger partial charge in [0.15, 0.2) is 6.29 Å². The number of aryl methyl sites for hydroxylation is 1. The van der Waals surface area contributed by atoms with E-state index in [1.807, 2.05) is 42.5 Å². The molecule has 2 heterocycles. The van der Waals surface area contributed by atoms with Crippen molar-refractivity contribution >= 4 is 32.9 Å². The Labute approximate surface area is 170 Å². The van der Waals surface area contributed by atoms with E-state index in [1.165, 1.54) is 4.31 Å². The van der Waals surface area contributed by atoms with E-state index in [-0.39, 0.29) is 5.75 Å². The van der Waals surface area contributed by atoms with Crippen LogP contribution in [0.25, 0.3) is 22.2 Å². The van der Waals surface area contributed by atoms with Crippen LogP contribution < -0.4 is 9.04 Å². The molecule has 0 bridgehead atoms. The maximum atomic E-state index is 12.2. The number of hydrogen-bond acceptors (Lipinski definition) is 4. The molecule has 152 valence electrons. The lowest BCUT2D eigenvalue weighted by molar-refractivity contribution is 0.112. The number of anilines is 1. The molecule has 0 unspecified atom stereocenters. The van der Waals surface area contributed by atoms with Gasteiger partial charge in [-0.1, -0.05) is 19.1 Å². The molecular weight excluding hydrogens is 388 g/mol. The smallest absolute Gasteiger partial charge is 0.235 e. The molecule has 0 amide bonds. The first kappa shape index (κ1) is 19.5. The van der Waals surface area contributed by atoms with Gasteiger partial charge in [0.25, 0.3) is 0 Å². The number of nitrogens with zero attached hydrogens (tertiary/aromatic N) is 2. The van der Waals surface area contributed by atoms with Crippen molar-refractivity contribution in [3.63, 3.8) is 0 Å². The molecule has 1 saturated heterocycles. The van der Waals surface area contributed by atoms with Crippen LogP contribution in [0.4, 0.5) is 5.69 Å². The standard InChI is InChI=1S/C22H24N2O4S/c1-3-11-23-21-14-18(28-2)9-10-19(21)20(15-25)22(23)16-5-7-17(8-6-16)24-12-4-13-29(24,26)27/h5-10,14-15H,3-4,11-13H2,1-2H3. The Hall–Kier alpha value is -2.80. The molecule has 1 aliphatic rings. The fourth-order valence-electron chi connectivity index (χ4n) is 4.08. The Morgan fingerprint density at radius 2 is 1.90 bits per heavy atom. The van der Waals surface area contributed by atoms with Gasteiger partial charge in [-0.3, -0.25) is 9.10 Å². The third-order valence-electron chi connectivity index (χ3n) is 5.40. The molecule has 0 saturated carbocycles. The molecule has 7 heteroatoms. The lowest BCUT2D eigenvalue weighted by Gasteiger charge is -2.17. The summed E-state index contributed by atoms with van der Waals surface area (Å²) in [4.78, 5) is 12.0. The highest BCUT2D eigenvalue weighted by atomic mass is 32.2. The topological polar surface area (TPSA) is 68.6 Å². The largest absolute Gasteiger partial charge is 0.497 e. The van der Waals surface area contributed by atoms with Gasteiger partial charge < -0.3 is 9.30 Å². The van der Waals surface area contributed by atoms with E-state index in [0.29, 0.717) is 24.2 Å². The highest BCUT2D eigenvalue weighted by Crippen LogP contribution is 2.36. The van der Waals surface area contributed by atoms with Crippen molar-refractivity contribution in [2.24, 2.45) is 0 Å². The first-order valence-corrected chi connectivity index (χ1v) is 11.4. The molecule has 2 aromatic carbocycles. The van der Waals surface area contributed by atoms with Gasteiger partial charge in [-0.2, -0.15) is 0 Å². The molecule has 3 aromatic rings. The van der Waals surface area contributed by atoms with Crippen molar-refractivity contribution in [1.29, 1.82) is 0 Å². The minimum Gasteiger partial charge on any atom is -0.497 e. The molecule has 1 fully saturated rings. The maximum Gasteiger partial charge on any atom is 0.235 e. The van der Waals surface area contributed by atoms with Gasteiger partial charge >= 0.3 is 0 Å². The van der Waals surface area contributed by atoms with Crippen molar-refractivity contribution in [2.45, 2.75) is 26.3 Å². The summed E-state index contributed by atoms with van der Waals surface area (Å²) in [6.45, 7) is 3.37. The van der Waals surface area contributed by atoms with Crippen LogP contribution in [-0.2, 0) is 16.6 Å². The number of carbonyl (C=O) groups excluding carboxylic acids is 1. The van der Waals surface area contributed by atoms with Gasteiger partial charge in [-0.15, -0.1) is 0 Å². The number of aldehydes is 1. The van der Waals surface area contributed by atoms with Crippen LogP contribution in [0.2, 0.25) is 0 Å². The Kier molecular flexibility index (Phi) is 5.08. The summed E-state index contributed by atoms with van der Waals surface area (Å²) in [7, 11) is -1.59. The summed E-state index contributed by atoms with van der Waals surface area (Å²) < 4.78 is 33.4. The number of benzene rings is 2. The monoisotopic (exact) mass is 412 g/mol. The predicted molar refractivity (Wildman–Crippen MR) is 115 cm³/mol. The third-order valence-corrected chi connectivity index (χ3v) is 7.27. The molecule has 0 aliphatic carbocycles. The zero-order chi connectivity index (χ0) is 20.6. The summed E-state index contributed by atoms with van der Waals surface area (Å²) >= 11 is 0. The first-order valence-electron chi connectivity index (χ1n) is 9.76. The molecule has 1 aliphatic heterocycles. The summed E-state index contributed by atoms with van der Waals surface area (Å²) in [5, 5.41) is 0.885. The maximum absolute atomic E-state index is 12.2. The minimum absolute atomic E-state index is 0.191. The Morgan fingerprint density at radius 1 is 1.14 bits per heavy atom. The molecule has 4 rings (SSSR count). The number of hydrogen-bond donors (Lipinski definition) is 0. The van der Waals surface area contributed by atoms with Gasteiger partial charge in [0.2, 0.25) is 10.0 Å². The average molecular weight is 413 g/mol. The van der Waals surface area contributed by atoms with Gasteiger partial charge in [0.05, 0.1) is 29.8 Å². The summed E-state index contributed by atoms with van der Waals surface area (Å²) in [5.41, 5.74) is 3.99. The van der Waals surface area contributed by atoms with Crippen LogP contribution in [0.5, 0.6) is 5.75 Å². The number of ether oxygens (including phenoxy) is 1. The van der Waals surface area contributed by atoms with E-state index < -0.39 is 10.0 Å². The van der Waals surface area contributed by atoms with Gasteiger partial charge in [0, 0.05) is 30.1 Å². The van der Waals surface area contributed by atoms with Gasteiger partial charge in [0.1, 0.15) is 5.75 Å². The van der Waals surface area contributed by atoms with E-state index in [4.69, 9.17) is 4.74 Å². The minimum atomic E-state index is -3.22. The van der Waals surface area contributed by atoms with Crippen LogP contribution in [0.3, 0.4) is 0 Å². The van der Waals surface area contributed by atoms with Gasteiger partial charge in [-0.25, -0.2) is 8.42 Å². The molecule has 0 radical (unpaired) electrons. The highest BCUT2D eigenvalue weighted by Gasteiger charge is 2.28. The van der Waals surface area contributed by atoms with E-state index in [1.54, 1.807) is 7.11 Å². The quantitative estimate of drug-likeness (QED) is 0.572. The highest BCUT2D eigenvalue weighted by molar-refractivity contribution is 7.93. The van der Waals surface area contributed by atoms with E-state index in [2.05, 4.69) is 11.5 Å². The van der Waals surface area contributed by atoms with Gasteiger partial charge in [-0.05, 0) is 42.7 Å². The number of sulfonamides is 1. The second-order valence-corrected chi connectivity index (χ2v) is 9.22. The molecule has 0 atom stereocenters. The second kappa shape index (κ2) is 7.55. The lowest BCUT2D eigenvalue weighted by Crippen LogP contribution is -2.24. The Bertz CT molecular complexity index is 1160. The fourth-order valence-corrected chi connectivity index (χ4v) is 5.65. The van der Waals surface area contributed by atoms with E-state index >= 15 is 0 Å². The van der Waals surface area contributed by atoms with Crippen molar-refractivity contribution in [2.75, 3.05) is 23.7 Å². The molecular formula is C22H24N2O4S. The molecule has 1 aromatic heterocycles. The summed E-state index contributed by atoms with van der Waals surface area (Å²) in [6.07, 6.45) is 2.46. The first-order chi connectivity index (χ1) is 14.0. The number of methoxy groups -OCH3 is 1. The summed E-state index contributed by atoms with van der Waals surface area (Å²) in [5.74, 6) is 0.933. The van der Waals surface area contributed by atoms with Crippen molar-refractivity contribution in [3.8, 4) is 17.0 Å². The SMILES string of the molecule is CCCn1c(-c2ccc(N3CCCS3(=O)=O)cc2)c(C=O)c2ccc(OC)cc21. The summed E-state index contributed by atoms with van der Waals surface area (Å²) in [6, 6.07) is 13.2. The van der Waals surface area contributed by atoms with Crippen molar-refractivity contribution in [3.05, 3.63) is 48.0 Å². The van der Waals surface area contributed by atoms with Crippen LogP contribution >= 0.6 is 0 Å². The third kappa shape index (κ3) is 3.29.